The summed E-state index contributed by atoms with van der Waals surface area (Å²) in [5.74, 6) is 0.194. The molecule has 0 atom stereocenters. The van der Waals surface area contributed by atoms with Gasteiger partial charge >= 0.3 is 0 Å². The van der Waals surface area contributed by atoms with Gasteiger partial charge in [-0.05, 0) is 28.1 Å². The number of ether oxygens (including phenoxy) is 1. The average molecular weight is 253 g/mol. The summed E-state index contributed by atoms with van der Waals surface area (Å²) in [5, 5.41) is 0. The second kappa shape index (κ2) is 4.67. The molecule has 0 N–H and O–H groups in total. The Hall–Kier alpha value is -0.280. The van der Waals surface area contributed by atoms with E-state index in [0.29, 0.717) is 17.0 Å². The van der Waals surface area contributed by atoms with E-state index in [0.717, 1.165) is 0 Å². The maximum absolute atomic E-state index is 13.1. The molecule has 1 aromatic rings. The minimum atomic E-state index is -0.386. The largest absolute Gasteiger partial charge is 0.489 e. The Morgan fingerprint density at radius 3 is 2.92 bits per heavy atom. The van der Waals surface area contributed by atoms with Crippen LogP contribution in [-0.4, -0.2) is 12.5 Å². The van der Waals surface area contributed by atoms with E-state index in [1.807, 2.05) is 0 Å². The molecule has 0 aromatic heterocycles. The first kappa shape index (κ1) is 9.81. The molecule has 4 heteroatoms. The molecule has 0 aliphatic rings. The minimum Gasteiger partial charge on any atom is -0.489 e. The predicted octanol–water partition coefficient (Wildman–Crippen LogP) is 3.21. The Kier molecular flexibility index (Phi) is 3.82. The quantitative estimate of drug-likeness (QED) is 0.752. The number of halogens is 3. The van der Waals surface area contributed by atoms with E-state index in [4.69, 9.17) is 16.3 Å². The van der Waals surface area contributed by atoms with E-state index >= 15 is 0 Å². The molecule has 0 heterocycles. The molecular formula is C8H7BrClFO. The Bertz CT molecular complexity index is 267. The van der Waals surface area contributed by atoms with Crippen LogP contribution in [0.1, 0.15) is 0 Å². The van der Waals surface area contributed by atoms with Crippen LogP contribution in [0.3, 0.4) is 0 Å². The van der Waals surface area contributed by atoms with Crippen LogP contribution in [0.2, 0.25) is 0 Å². The van der Waals surface area contributed by atoms with Crippen LogP contribution in [0.15, 0.2) is 22.7 Å². The first-order valence-electron chi connectivity index (χ1n) is 3.38. The highest BCUT2D eigenvalue weighted by Crippen LogP contribution is 2.24. The molecule has 0 aliphatic carbocycles. The van der Waals surface area contributed by atoms with Crippen molar-refractivity contribution in [1.82, 2.24) is 0 Å². The third-order valence-electron chi connectivity index (χ3n) is 1.25. The minimum absolute atomic E-state index is 0.227. The molecule has 0 radical (unpaired) electrons. The maximum Gasteiger partial charge on any atom is 0.179 e. The first-order valence-corrected chi connectivity index (χ1v) is 4.71. The van der Waals surface area contributed by atoms with Gasteiger partial charge in [-0.2, -0.15) is 0 Å². The highest BCUT2D eigenvalue weighted by atomic mass is 79.9. The zero-order valence-electron chi connectivity index (χ0n) is 6.19. The van der Waals surface area contributed by atoms with Crippen molar-refractivity contribution in [3.05, 3.63) is 28.5 Å². The fraction of sp³-hybridized carbons (Fsp3) is 0.250. The van der Waals surface area contributed by atoms with Gasteiger partial charge in [-0.25, -0.2) is 4.39 Å². The van der Waals surface area contributed by atoms with Gasteiger partial charge in [0.25, 0.3) is 0 Å². The highest BCUT2D eigenvalue weighted by molar-refractivity contribution is 9.10. The molecule has 66 valence electrons. The van der Waals surface area contributed by atoms with Crippen LogP contribution in [-0.2, 0) is 0 Å². The Morgan fingerprint density at radius 2 is 2.25 bits per heavy atom. The summed E-state index contributed by atoms with van der Waals surface area (Å²) in [6.45, 7) is 0.314. The molecule has 0 spiro atoms. The van der Waals surface area contributed by atoms with Gasteiger partial charge in [-0.15, -0.1) is 11.6 Å². The number of alkyl halides is 1. The van der Waals surface area contributed by atoms with Crippen molar-refractivity contribution in [3.63, 3.8) is 0 Å². The van der Waals surface area contributed by atoms with Crippen molar-refractivity contribution in [2.45, 2.75) is 0 Å². The molecule has 0 amide bonds. The molecule has 1 nitrogen and oxygen atoms in total. The second-order valence-electron chi connectivity index (χ2n) is 2.09. The van der Waals surface area contributed by atoms with E-state index in [2.05, 4.69) is 15.9 Å². The lowest BCUT2D eigenvalue weighted by atomic mass is 10.3. The molecule has 0 fully saturated rings. The molecule has 0 bridgehead atoms. The molecule has 1 aromatic carbocycles. The lowest BCUT2D eigenvalue weighted by molar-refractivity contribution is 0.323. The third-order valence-corrected chi connectivity index (χ3v) is 2.02. The highest BCUT2D eigenvalue weighted by Gasteiger charge is 2.05. The lowest BCUT2D eigenvalue weighted by Gasteiger charge is -2.05. The molecule has 12 heavy (non-hydrogen) atoms. The molecule has 0 saturated carbocycles. The van der Waals surface area contributed by atoms with Gasteiger partial charge in [0, 0.05) is 0 Å². The summed E-state index contributed by atoms with van der Waals surface area (Å²) >= 11 is 8.43. The Balaban J connectivity index is 2.78. The van der Waals surface area contributed by atoms with E-state index in [1.54, 1.807) is 18.2 Å². The summed E-state index contributed by atoms with van der Waals surface area (Å²) in [6.07, 6.45) is 0. The molecular weight excluding hydrogens is 246 g/mol. The fourth-order valence-electron chi connectivity index (χ4n) is 0.744. The van der Waals surface area contributed by atoms with Gasteiger partial charge in [-0.1, -0.05) is 6.07 Å². The van der Waals surface area contributed by atoms with Gasteiger partial charge in [0.2, 0.25) is 0 Å². The predicted molar refractivity (Wildman–Crippen MR) is 50.3 cm³/mol. The van der Waals surface area contributed by atoms with Crippen molar-refractivity contribution < 1.29 is 9.13 Å². The molecule has 0 aliphatic heterocycles. The van der Waals surface area contributed by atoms with Crippen molar-refractivity contribution in [2.75, 3.05) is 12.5 Å². The standard InChI is InChI=1S/C8H7BrClFO/c9-6-2-1-3-7(8(6)11)12-5-4-10/h1-3H,4-5H2. The van der Waals surface area contributed by atoms with Crippen LogP contribution < -0.4 is 4.74 Å². The van der Waals surface area contributed by atoms with Gasteiger partial charge < -0.3 is 4.74 Å². The summed E-state index contributed by atoms with van der Waals surface area (Å²) in [5.41, 5.74) is 0. The van der Waals surface area contributed by atoms with Crippen LogP contribution in [0, 0.1) is 5.82 Å². The number of hydrogen-bond donors (Lipinski definition) is 0. The summed E-state index contributed by atoms with van der Waals surface area (Å²) in [4.78, 5) is 0. The van der Waals surface area contributed by atoms with E-state index in [-0.39, 0.29) is 11.6 Å². The van der Waals surface area contributed by atoms with Crippen molar-refractivity contribution in [1.29, 1.82) is 0 Å². The number of rotatable bonds is 3. The van der Waals surface area contributed by atoms with Crippen molar-refractivity contribution in [2.24, 2.45) is 0 Å². The summed E-state index contributed by atoms with van der Waals surface area (Å²) < 4.78 is 18.5. The topological polar surface area (TPSA) is 9.23 Å². The van der Waals surface area contributed by atoms with Crippen LogP contribution >= 0.6 is 27.5 Å². The molecule has 0 unspecified atom stereocenters. The van der Waals surface area contributed by atoms with Crippen molar-refractivity contribution >= 4 is 27.5 Å². The van der Waals surface area contributed by atoms with Crippen molar-refractivity contribution in [3.8, 4) is 5.75 Å². The maximum atomic E-state index is 13.1. The zero-order chi connectivity index (χ0) is 8.97. The SMILES string of the molecule is Fc1c(Br)cccc1OCCCl. The third kappa shape index (κ3) is 2.35. The average Bonchev–Trinajstić information content (AvgIpc) is 2.08. The van der Waals surface area contributed by atoms with Crippen LogP contribution in [0.5, 0.6) is 5.75 Å². The second-order valence-corrected chi connectivity index (χ2v) is 3.32. The monoisotopic (exact) mass is 252 g/mol. The number of hydrogen-bond acceptors (Lipinski definition) is 1. The smallest absolute Gasteiger partial charge is 0.179 e. The summed E-state index contributed by atoms with van der Waals surface area (Å²) in [6, 6.07) is 4.88. The molecule has 1 rings (SSSR count). The van der Waals surface area contributed by atoms with Gasteiger partial charge in [0.15, 0.2) is 11.6 Å². The van der Waals surface area contributed by atoms with Gasteiger partial charge in [-0.3, -0.25) is 0 Å². The Morgan fingerprint density at radius 1 is 1.50 bits per heavy atom. The normalized spacial score (nSPS) is 9.92. The zero-order valence-corrected chi connectivity index (χ0v) is 8.53. The molecule has 0 saturated heterocycles. The van der Waals surface area contributed by atoms with E-state index in [1.165, 1.54) is 0 Å². The van der Waals surface area contributed by atoms with E-state index in [9.17, 15) is 4.39 Å². The van der Waals surface area contributed by atoms with Gasteiger partial charge in [0.1, 0.15) is 6.61 Å². The van der Waals surface area contributed by atoms with E-state index < -0.39 is 0 Å². The van der Waals surface area contributed by atoms with Gasteiger partial charge in [0.05, 0.1) is 10.4 Å². The lowest BCUT2D eigenvalue weighted by Crippen LogP contribution is -1.99. The Labute approximate surface area is 83.6 Å². The summed E-state index contributed by atoms with van der Waals surface area (Å²) in [7, 11) is 0. The first-order chi connectivity index (χ1) is 5.75. The number of benzene rings is 1. The van der Waals surface area contributed by atoms with Crippen LogP contribution in [0.4, 0.5) is 4.39 Å². The fourth-order valence-corrected chi connectivity index (χ4v) is 1.17. The van der Waals surface area contributed by atoms with Crippen LogP contribution in [0.25, 0.3) is 0 Å².